The molecule has 2 aromatic rings. The molecule has 4 heteroatoms. The van der Waals surface area contributed by atoms with Gasteiger partial charge in [-0.3, -0.25) is 0 Å². The van der Waals surface area contributed by atoms with Gasteiger partial charge < -0.3 is 9.67 Å². The van der Waals surface area contributed by atoms with Crippen LogP contribution in [0, 0.1) is 0 Å². The van der Waals surface area contributed by atoms with Gasteiger partial charge in [-0.1, -0.05) is 29.8 Å². The molecule has 1 heterocycles. The lowest BCUT2D eigenvalue weighted by atomic mass is 10.2. The van der Waals surface area contributed by atoms with Gasteiger partial charge >= 0.3 is 0 Å². The Morgan fingerprint density at radius 1 is 1.44 bits per heavy atom. The van der Waals surface area contributed by atoms with Gasteiger partial charge in [-0.05, 0) is 18.2 Å². The topological polar surface area (TPSA) is 38.0 Å². The number of imidazole rings is 1. The van der Waals surface area contributed by atoms with Gasteiger partial charge in [0, 0.05) is 16.9 Å². The Kier molecular flexibility index (Phi) is 3.30. The first-order valence-electron chi connectivity index (χ1n) is 5.40. The highest BCUT2D eigenvalue weighted by Gasteiger charge is 2.13. The van der Waals surface area contributed by atoms with Gasteiger partial charge in [0.2, 0.25) is 0 Å². The fourth-order valence-corrected chi connectivity index (χ4v) is 2.25. The van der Waals surface area contributed by atoms with Crippen LogP contribution in [-0.2, 0) is 6.54 Å². The zero-order valence-corrected chi connectivity index (χ0v) is 11.0. The second kappa shape index (κ2) is 4.55. The molecule has 0 aliphatic heterocycles. The molecular formula is C12H15BrN2O. The van der Waals surface area contributed by atoms with Crippen LogP contribution in [0.2, 0.25) is 0 Å². The lowest BCUT2D eigenvalue weighted by Gasteiger charge is -2.09. The van der Waals surface area contributed by atoms with Crippen molar-refractivity contribution in [1.82, 2.24) is 9.55 Å². The molecule has 0 atom stereocenters. The van der Waals surface area contributed by atoms with Crippen LogP contribution in [0.15, 0.2) is 22.7 Å². The van der Waals surface area contributed by atoms with Gasteiger partial charge in [-0.15, -0.1) is 0 Å². The van der Waals surface area contributed by atoms with Crippen molar-refractivity contribution in [1.29, 1.82) is 0 Å². The van der Waals surface area contributed by atoms with E-state index < -0.39 is 0 Å². The quantitative estimate of drug-likeness (QED) is 0.940. The van der Waals surface area contributed by atoms with E-state index in [9.17, 15) is 0 Å². The first-order valence-corrected chi connectivity index (χ1v) is 6.19. The Balaban J connectivity index is 2.65. The minimum atomic E-state index is 0.140. The third-order valence-electron chi connectivity index (χ3n) is 2.58. The highest BCUT2D eigenvalue weighted by molar-refractivity contribution is 9.10. The first kappa shape index (κ1) is 11.6. The molecule has 0 aliphatic carbocycles. The van der Waals surface area contributed by atoms with E-state index in [0.717, 1.165) is 21.3 Å². The van der Waals surface area contributed by atoms with Crippen LogP contribution in [0.1, 0.15) is 25.6 Å². The number of fused-ring (bicyclic) bond motifs is 1. The molecule has 0 amide bonds. The van der Waals surface area contributed by atoms with E-state index in [1.165, 1.54) is 0 Å². The Morgan fingerprint density at radius 2 is 2.19 bits per heavy atom. The summed E-state index contributed by atoms with van der Waals surface area (Å²) < 4.78 is 3.12. The summed E-state index contributed by atoms with van der Waals surface area (Å²) in [6, 6.07) is 6.05. The van der Waals surface area contributed by atoms with Gasteiger partial charge in [-0.25, -0.2) is 4.98 Å². The first-order chi connectivity index (χ1) is 7.63. The van der Waals surface area contributed by atoms with E-state index in [1.54, 1.807) is 0 Å². The number of rotatable bonds is 3. The van der Waals surface area contributed by atoms with E-state index >= 15 is 0 Å². The summed E-state index contributed by atoms with van der Waals surface area (Å²) in [5, 5.41) is 9.10. The molecule has 0 saturated heterocycles. The maximum absolute atomic E-state index is 9.10. The Hall–Kier alpha value is -0.870. The molecule has 16 heavy (non-hydrogen) atoms. The third-order valence-corrected chi connectivity index (χ3v) is 3.07. The van der Waals surface area contributed by atoms with E-state index in [2.05, 4.69) is 39.3 Å². The van der Waals surface area contributed by atoms with Crippen LogP contribution in [0.4, 0.5) is 0 Å². The summed E-state index contributed by atoms with van der Waals surface area (Å²) in [6.07, 6.45) is 0. The molecule has 0 radical (unpaired) electrons. The SMILES string of the molecule is CC(C)c1nc2cc(Br)ccc2n1CCO. The lowest BCUT2D eigenvalue weighted by molar-refractivity contribution is 0.275. The molecule has 86 valence electrons. The van der Waals surface area contributed by atoms with Crippen LogP contribution in [0.5, 0.6) is 0 Å². The Labute approximate surface area is 103 Å². The van der Waals surface area contributed by atoms with Crippen LogP contribution >= 0.6 is 15.9 Å². The summed E-state index contributed by atoms with van der Waals surface area (Å²) in [5.74, 6) is 1.39. The number of hydrogen-bond donors (Lipinski definition) is 1. The van der Waals surface area contributed by atoms with Crippen LogP contribution in [-0.4, -0.2) is 21.3 Å². The smallest absolute Gasteiger partial charge is 0.112 e. The number of nitrogens with zero attached hydrogens (tertiary/aromatic N) is 2. The van der Waals surface area contributed by atoms with Gasteiger partial charge in [0.25, 0.3) is 0 Å². The molecule has 0 saturated carbocycles. The highest BCUT2D eigenvalue weighted by atomic mass is 79.9. The minimum Gasteiger partial charge on any atom is -0.395 e. The molecule has 1 aromatic heterocycles. The second-order valence-corrected chi connectivity index (χ2v) is 5.05. The normalized spacial score (nSPS) is 11.6. The number of aliphatic hydroxyl groups excluding tert-OH is 1. The largest absolute Gasteiger partial charge is 0.395 e. The van der Waals surface area contributed by atoms with Crippen molar-refractivity contribution >= 4 is 27.0 Å². The lowest BCUT2D eigenvalue weighted by Crippen LogP contribution is -2.08. The molecule has 0 spiro atoms. The van der Waals surface area contributed by atoms with Gasteiger partial charge in [0.1, 0.15) is 5.82 Å². The number of aliphatic hydroxyl groups is 1. The molecule has 0 aliphatic rings. The van der Waals surface area contributed by atoms with Crippen LogP contribution in [0.3, 0.4) is 0 Å². The molecule has 3 nitrogen and oxygen atoms in total. The molecular weight excluding hydrogens is 268 g/mol. The number of hydrogen-bond acceptors (Lipinski definition) is 2. The summed E-state index contributed by atoms with van der Waals surface area (Å²) in [4.78, 5) is 4.61. The summed E-state index contributed by atoms with van der Waals surface area (Å²) in [6.45, 7) is 4.97. The van der Waals surface area contributed by atoms with Crippen molar-refractivity contribution in [2.24, 2.45) is 0 Å². The van der Waals surface area contributed by atoms with Crippen molar-refractivity contribution in [3.8, 4) is 0 Å². The van der Waals surface area contributed by atoms with Gasteiger partial charge in [0.05, 0.1) is 17.6 Å². The maximum Gasteiger partial charge on any atom is 0.112 e. The maximum atomic E-state index is 9.10. The summed E-state index contributed by atoms with van der Waals surface area (Å²) in [5.41, 5.74) is 2.06. The minimum absolute atomic E-state index is 0.140. The van der Waals surface area contributed by atoms with Crippen LogP contribution in [0.25, 0.3) is 11.0 Å². The van der Waals surface area contributed by atoms with E-state index in [-0.39, 0.29) is 6.61 Å². The van der Waals surface area contributed by atoms with E-state index in [4.69, 9.17) is 5.11 Å². The van der Waals surface area contributed by atoms with E-state index in [0.29, 0.717) is 12.5 Å². The monoisotopic (exact) mass is 282 g/mol. The molecule has 0 bridgehead atoms. The van der Waals surface area contributed by atoms with Crippen molar-refractivity contribution < 1.29 is 5.11 Å². The van der Waals surface area contributed by atoms with E-state index in [1.807, 2.05) is 18.2 Å². The standard InChI is InChI=1S/C12H15BrN2O/c1-8(2)12-14-10-7-9(13)3-4-11(10)15(12)5-6-16/h3-4,7-8,16H,5-6H2,1-2H3. The second-order valence-electron chi connectivity index (χ2n) is 4.13. The van der Waals surface area contributed by atoms with Crippen molar-refractivity contribution in [3.63, 3.8) is 0 Å². The fraction of sp³-hybridized carbons (Fsp3) is 0.417. The highest BCUT2D eigenvalue weighted by Crippen LogP contribution is 2.24. The van der Waals surface area contributed by atoms with Gasteiger partial charge in [-0.2, -0.15) is 0 Å². The van der Waals surface area contributed by atoms with Crippen molar-refractivity contribution in [2.75, 3.05) is 6.61 Å². The molecule has 0 fully saturated rings. The number of aromatic nitrogens is 2. The Bertz CT molecular complexity index is 505. The van der Waals surface area contributed by atoms with Gasteiger partial charge in [0.15, 0.2) is 0 Å². The average molecular weight is 283 g/mol. The van der Waals surface area contributed by atoms with Crippen molar-refractivity contribution in [3.05, 3.63) is 28.5 Å². The zero-order valence-electron chi connectivity index (χ0n) is 9.44. The predicted octanol–water partition coefficient (Wildman–Crippen LogP) is 2.91. The molecule has 1 N–H and O–H groups in total. The Morgan fingerprint density at radius 3 is 2.81 bits per heavy atom. The number of benzene rings is 1. The summed E-state index contributed by atoms with van der Waals surface area (Å²) >= 11 is 3.44. The van der Waals surface area contributed by atoms with Crippen molar-refractivity contribution in [2.45, 2.75) is 26.3 Å². The zero-order chi connectivity index (χ0) is 11.7. The molecule has 1 aromatic carbocycles. The molecule has 2 rings (SSSR count). The fourth-order valence-electron chi connectivity index (χ4n) is 1.90. The summed E-state index contributed by atoms with van der Waals surface area (Å²) in [7, 11) is 0. The average Bonchev–Trinajstić information content (AvgIpc) is 2.57. The number of halogens is 1. The predicted molar refractivity (Wildman–Crippen MR) is 68.6 cm³/mol. The molecule has 0 unspecified atom stereocenters. The van der Waals surface area contributed by atoms with Crippen LogP contribution < -0.4 is 0 Å². The third kappa shape index (κ3) is 1.99.